The Kier molecular flexibility index (Phi) is 5.09. The average Bonchev–Trinajstić information content (AvgIpc) is 2.97. The number of hydrogen-bond acceptors (Lipinski definition) is 6. The van der Waals surface area contributed by atoms with Gasteiger partial charge in [-0.2, -0.15) is 5.26 Å². The molecule has 0 bridgehead atoms. The highest BCUT2D eigenvalue weighted by atomic mass is 16.6. The number of nitriles is 1. The van der Waals surface area contributed by atoms with Crippen LogP contribution >= 0.6 is 0 Å². The van der Waals surface area contributed by atoms with E-state index >= 15 is 0 Å². The van der Waals surface area contributed by atoms with Gasteiger partial charge in [-0.05, 0) is 30.7 Å². The normalized spacial score (nSPS) is 13.6. The summed E-state index contributed by atoms with van der Waals surface area (Å²) in [7, 11) is 0. The lowest BCUT2D eigenvalue weighted by molar-refractivity contribution is -0.155. The number of esters is 1. The molecule has 0 aliphatic carbocycles. The predicted molar refractivity (Wildman–Crippen MR) is 73.6 cm³/mol. The first-order valence-electron chi connectivity index (χ1n) is 6.72. The summed E-state index contributed by atoms with van der Waals surface area (Å²) >= 11 is 0. The summed E-state index contributed by atoms with van der Waals surface area (Å²) in [5.41, 5.74) is 0.482. The molecule has 0 saturated carbocycles. The average molecular weight is 302 g/mol. The van der Waals surface area contributed by atoms with Crippen LogP contribution < -0.4 is 4.74 Å². The van der Waals surface area contributed by atoms with E-state index in [0.717, 1.165) is 4.90 Å². The second-order valence-electron chi connectivity index (χ2n) is 4.63. The standard InChI is InChI=1S/C15H14N2O5/c16-8-11-3-5-12(6-4-11)21-10-15(20)22-9-14(19)17-7-1-2-13(17)18/h3-6H,1-2,7,9-10H2. The number of carbonyl (C=O) groups is 3. The van der Waals surface area contributed by atoms with Crippen LogP contribution in [0.2, 0.25) is 0 Å². The zero-order valence-corrected chi connectivity index (χ0v) is 11.8. The van der Waals surface area contributed by atoms with Crippen molar-refractivity contribution in [3.63, 3.8) is 0 Å². The van der Waals surface area contributed by atoms with Gasteiger partial charge in [0.05, 0.1) is 11.6 Å². The van der Waals surface area contributed by atoms with Crippen molar-refractivity contribution in [2.75, 3.05) is 19.8 Å². The molecule has 0 aromatic heterocycles. The van der Waals surface area contributed by atoms with Gasteiger partial charge in [0.2, 0.25) is 5.91 Å². The summed E-state index contributed by atoms with van der Waals surface area (Å²) in [6.45, 7) is -0.453. The summed E-state index contributed by atoms with van der Waals surface area (Å²) in [4.78, 5) is 35.6. The van der Waals surface area contributed by atoms with Crippen molar-refractivity contribution in [2.24, 2.45) is 0 Å². The molecule has 7 heteroatoms. The molecular formula is C15H14N2O5. The Morgan fingerprint density at radius 1 is 1.23 bits per heavy atom. The van der Waals surface area contributed by atoms with Crippen LogP contribution in [0.15, 0.2) is 24.3 Å². The van der Waals surface area contributed by atoms with E-state index in [2.05, 4.69) is 0 Å². The van der Waals surface area contributed by atoms with Crippen molar-refractivity contribution < 1.29 is 23.9 Å². The number of carbonyl (C=O) groups excluding carboxylic acids is 3. The third kappa shape index (κ3) is 4.06. The highest BCUT2D eigenvalue weighted by molar-refractivity contribution is 5.97. The molecule has 1 fully saturated rings. The van der Waals surface area contributed by atoms with Gasteiger partial charge in [-0.1, -0.05) is 0 Å². The van der Waals surface area contributed by atoms with Crippen molar-refractivity contribution in [1.82, 2.24) is 4.90 Å². The number of nitrogens with zero attached hydrogens (tertiary/aromatic N) is 2. The van der Waals surface area contributed by atoms with Gasteiger partial charge in [-0.15, -0.1) is 0 Å². The fraction of sp³-hybridized carbons (Fsp3) is 0.333. The van der Waals surface area contributed by atoms with Gasteiger partial charge in [0.1, 0.15) is 5.75 Å². The lowest BCUT2D eigenvalue weighted by Gasteiger charge is -2.13. The third-order valence-electron chi connectivity index (χ3n) is 3.07. The SMILES string of the molecule is N#Cc1ccc(OCC(=O)OCC(=O)N2CCCC2=O)cc1. The molecule has 7 nitrogen and oxygen atoms in total. The monoisotopic (exact) mass is 302 g/mol. The van der Waals surface area contributed by atoms with Gasteiger partial charge >= 0.3 is 5.97 Å². The van der Waals surface area contributed by atoms with E-state index < -0.39 is 18.5 Å². The summed E-state index contributed by atoms with van der Waals surface area (Å²) in [6, 6.07) is 8.19. The van der Waals surface area contributed by atoms with E-state index in [1.807, 2.05) is 6.07 Å². The maximum absolute atomic E-state index is 11.7. The van der Waals surface area contributed by atoms with E-state index in [-0.39, 0.29) is 12.5 Å². The van der Waals surface area contributed by atoms with Crippen LogP contribution in [0, 0.1) is 11.3 Å². The Morgan fingerprint density at radius 3 is 2.55 bits per heavy atom. The molecule has 114 valence electrons. The first-order chi connectivity index (χ1) is 10.6. The van der Waals surface area contributed by atoms with Gasteiger partial charge in [0, 0.05) is 13.0 Å². The van der Waals surface area contributed by atoms with Crippen molar-refractivity contribution in [2.45, 2.75) is 12.8 Å². The fourth-order valence-corrected chi connectivity index (χ4v) is 1.94. The predicted octanol–water partition coefficient (Wildman–Crippen LogP) is 0.629. The number of benzene rings is 1. The van der Waals surface area contributed by atoms with E-state index in [0.29, 0.717) is 30.7 Å². The molecule has 1 aromatic carbocycles. The molecule has 22 heavy (non-hydrogen) atoms. The molecule has 0 atom stereocenters. The van der Waals surface area contributed by atoms with Crippen molar-refractivity contribution in [1.29, 1.82) is 5.26 Å². The summed E-state index contributed by atoms with van der Waals surface area (Å²) in [5.74, 6) is -1.05. The number of ether oxygens (including phenoxy) is 2. The molecule has 1 aromatic rings. The van der Waals surface area contributed by atoms with Gasteiger partial charge in [-0.25, -0.2) is 4.79 Å². The Morgan fingerprint density at radius 2 is 1.95 bits per heavy atom. The van der Waals surface area contributed by atoms with Crippen LogP contribution in [-0.2, 0) is 19.1 Å². The number of imide groups is 1. The summed E-state index contributed by atoms with van der Waals surface area (Å²) < 4.78 is 9.94. The molecule has 1 heterocycles. The lowest BCUT2D eigenvalue weighted by atomic mass is 10.2. The molecule has 0 radical (unpaired) electrons. The second kappa shape index (κ2) is 7.22. The van der Waals surface area contributed by atoms with E-state index in [1.165, 1.54) is 0 Å². The van der Waals surface area contributed by atoms with Crippen LogP contribution in [-0.4, -0.2) is 42.4 Å². The number of amides is 2. The minimum absolute atomic E-state index is 0.241. The second-order valence-corrected chi connectivity index (χ2v) is 4.63. The number of likely N-dealkylation sites (tertiary alicyclic amines) is 1. The molecule has 1 aliphatic rings. The molecule has 2 amide bonds. The van der Waals surface area contributed by atoms with Crippen LogP contribution in [0.4, 0.5) is 0 Å². The highest BCUT2D eigenvalue weighted by Gasteiger charge is 2.26. The summed E-state index contributed by atoms with van der Waals surface area (Å²) in [6.07, 6.45) is 0.988. The molecule has 2 rings (SSSR count). The van der Waals surface area contributed by atoms with E-state index in [9.17, 15) is 14.4 Å². The van der Waals surface area contributed by atoms with Gasteiger partial charge in [0.15, 0.2) is 13.2 Å². The number of hydrogen-bond donors (Lipinski definition) is 0. The van der Waals surface area contributed by atoms with Gasteiger partial charge in [-0.3, -0.25) is 14.5 Å². The molecule has 0 N–H and O–H groups in total. The Balaban J connectivity index is 1.72. The molecule has 0 unspecified atom stereocenters. The largest absolute Gasteiger partial charge is 0.482 e. The molecular weight excluding hydrogens is 288 g/mol. The quantitative estimate of drug-likeness (QED) is 0.740. The van der Waals surface area contributed by atoms with Crippen molar-refractivity contribution >= 4 is 17.8 Å². The van der Waals surface area contributed by atoms with Crippen molar-refractivity contribution in [3.05, 3.63) is 29.8 Å². The Bertz CT molecular complexity index is 618. The minimum atomic E-state index is -0.704. The minimum Gasteiger partial charge on any atom is -0.482 e. The Labute approximate surface area is 127 Å². The first-order valence-corrected chi connectivity index (χ1v) is 6.72. The molecule has 1 aliphatic heterocycles. The smallest absolute Gasteiger partial charge is 0.344 e. The molecule has 1 saturated heterocycles. The highest BCUT2D eigenvalue weighted by Crippen LogP contribution is 2.12. The zero-order chi connectivity index (χ0) is 15.9. The Hall–Kier alpha value is -2.88. The topological polar surface area (TPSA) is 96.7 Å². The first kappa shape index (κ1) is 15.5. The third-order valence-corrected chi connectivity index (χ3v) is 3.07. The lowest BCUT2D eigenvalue weighted by Crippen LogP contribution is -2.35. The maximum Gasteiger partial charge on any atom is 0.344 e. The summed E-state index contributed by atoms with van der Waals surface area (Å²) in [5, 5.41) is 8.65. The van der Waals surface area contributed by atoms with Gasteiger partial charge in [0.25, 0.3) is 5.91 Å². The maximum atomic E-state index is 11.7. The van der Waals surface area contributed by atoms with E-state index in [4.69, 9.17) is 14.7 Å². The number of rotatable bonds is 5. The van der Waals surface area contributed by atoms with Crippen LogP contribution in [0.1, 0.15) is 18.4 Å². The van der Waals surface area contributed by atoms with Crippen LogP contribution in [0.5, 0.6) is 5.75 Å². The van der Waals surface area contributed by atoms with Gasteiger partial charge < -0.3 is 9.47 Å². The van der Waals surface area contributed by atoms with Crippen LogP contribution in [0.25, 0.3) is 0 Å². The van der Waals surface area contributed by atoms with E-state index in [1.54, 1.807) is 24.3 Å². The fourth-order valence-electron chi connectivity index (χ4n) is 1.94. The van der Waals surface area contributed by atoms with Crippen LogP contribution in [0.3, 0.4) is 0 Å². The molecule has 0 spiro atoms. The zero-order valence-electron chi connectivity index (χ0n) is 11.8. The van der Waals surface area contributed by atoms with Crippen molar-refractivity contribution in [3.8, 4) is 11.8 Å².